The smallest absolute Gasteiger partial charge is 0.334 e. The molecule has 0 aliphatic carbocycles. The van der Waals surface area contributed by atoms with E-state index < -0.39 is 24.1 Å². The van der Waals surface area contributed by atoms with Gasteiger partial charge in [0.05, 0.1) is 132 Å². The van der Waals surface area contributed by atoms with E-state index in [4.69, 9.17) is 52.3 Å². The van der Waals surface area contributed by atoms with Crippen LogP contribution in [-0.4, -0.2) is 171 Å². The van der Waals surface area contributed by atoms with Gasteiger partial charge in [-0.2, -0.15) is 10.1 Å². The number of rotatable bonds is 33. The highest BCUT2D eigenvalue weighted by Gasteiger charge is 2.32. The average molecular weight is 697 g/mol. The first-order valence-corrected chi connectivity index (χ1v) is 16.4. The Morgan fingerprint density at radius 2 is 0.917 bits per heavy atom. The molecule has 18 heteroatoms. The van der Waals surface area contributed by atoms with E-state index in [0.29, 0.717) is 130 Å². The third-order valence-corrected chi connectivity index (χ3v) is 6.41. The number of carbonyl (C=O) groups is 4. The average Bonchev–Trinajstić information content (AvgIpc) is 3.62. The minimum atomic E-state index is -1.29. The van der Waals surface area contributed by atoms with Crippen LogP contribution in [0.25, 0.3) is 0 Å². The first kappa shape index (κ1) is 41.8. The van der Waals surface area contributed by atoms with Crippen LogP contribution in [-0.2, 0) is 71.5 Å². The quantitative estimate of drug-likeness (QED) is 0.0518. The van der Waals surface area contributed by atoms with Crippen LogP contribution in [0.1, 0.15) is 38.5 Å². The predicted octanol–water partition coefficient (Wildman–Crippen LogP) is -0.604. The molecule has 2 fully saturated rings. The highest BCUT2D eigenvalue weighted by molar-refractivity contribution is 6.00. The lowest BCUT2D eigenvalue weighted by Crippen LogP contribution is -2.34. The van der Waals surface area contributed by atoms with Gasteiger partial charge in [0.1, 0.15) is 0 Å². The highest BCUT2D eigenvalue weighted by atomic mass is 16.8. The van der Waals surface area contributed by atoms with Gasteiger partial charge in [-0.1, -0.05) is 0 Å². The van der Waals surface area contributed by atoms with E-state index >= 15 is 0 Å². The van der Waals surface area contributed by atoms with Crippen molar-refractivity contribution in [2.45, 2.75) is 44.8 Å². The van der Waals surface area contributed by atoms with Gasteiger partial charge in [-0.05, 0) is 6.42 Å². The fraction of sp³-hybridized carbons (Fsp3) is 0.867. The summed E-state index contributed by atoms with van der Waals surface area (Å²) >= 11 is 0. The van der Waals surface area contributed by atoms with E-state index in [9.17, 15) is 24.3 Å². The molecule has 0 spiro atoms. The van der Waals surface area contributed by atoms with Crippen molar-refractivity contribution in [3.8, 4) is 0 Å². The molecule has 48 heavy (non-hydrogen) atoms. The zero-order chi connectivity index (χ0) is 34.5. The second-order valence-corrected chi connectivity index (χ2v) is 10.3. The van der Waals surface area contributed by atoms with E-state index in [-0.39, 0.29) is 44.8 Å². The summed E-state index contributed by atoms with van der Waals surface area (Å²) in [6.45, 7) is 7.47. The molecule has 18 nitrogen and oxygen atoms in total. The molecule has 2 aliphatic heterocycles. The number of hydrogen-bond donors (Lipinski definition) is 1. The number of hydroxylamine groups is 4. The van der Waals surface area contributed by atoms with Crippen molar-refractivity contribution in [3.63, 3.8) is 0 Å². The van der Waals surface area contributed by atoms with Gasteiger partial charge in [-0.3, -0.25) is 14.4 Å². The monoisotopic (exact) mass is 696 g/mol. The zero-order valence-electron chi connectivity index (χ0n) is 27.7. The van der Waals surface area contributed by atoms with Crippen molar-refractivity contribution >= 4 is 23.7 Å². The van der Waals surface area contributed by atoms with Crippen LogP contribution in [0.15, 0.2) is 0 Å². The molecule has 0 saturated carbocycles. The van der Waals surface area contributed by atoms with E-state index in [1.807, 2.05) is 0 Å². The first-order chi connectivity index (χ1) is 23.5. The highest BCUT2D eigenvalue weighted by Crippen LogP contribution is 2.14. The molecule has 2 saturated heterocycles. The Bertz CT molecular complexity index is 866. The molecule has 3 amide bonds. The summed E-state index contributed by atoms with van der Waals surface area (Å²) in [6, 6.07) is 0. The molecular weight excluding hydrogens is 644 g/mol. The second kappa shape index (κ2) is 28.5. The van der Waals surface area contributed by atoms with Crippen molar-refractivity contribution in [2.75, 3.05) is 125 Å². The molecule has 1 N–H and O–H groups in total. The Hall–Kier alpha value is -2.36. The molecular formula is C30H52N2O16. The standard InChI is InChI=1S/C30H52N2O16/c33-26-2-1-7-31(26)47-29(36)5-8-38-10-12-40-14-16-42-18-20-44-22-24-46-25-23-45-21-19-43-17-15-41-13-11-39-9-6-30(37)48-32-27(34)3-4-28(32)35/h30,37H,1-25H2. The molecule has 2 rings (SSSR count). The Balaban J connectivity index is 1.17. The number of ether oxygens (including phenoxy) is 9. The number of aliphatic hydroxyl groups excluding tert-OH is 1. The van der Waals surface area contributed by atoms with Crippen LogP contribution in [0.2, 0.25) is 0 Å². The Morgan fingerprint density at radius 3 is 1.29 bits per heavy atom. The van der Waals surface area contributed by atoms with E-state index in [2.05, 4.69) is 0 Å². The number of hydrogen-bond acceptors (Lipinski definition) is 16. The van der Waals surface area contributed by atoms with E-state index in [1.165, 1.54) is 0 Å². The summed E-state index contributed by atoms with van der Waals surface area (Å²) < 4.78 is 48.6. The van der Waals surface area contributed by atoms with Crippen molar-refractivity contribution in [1.29, 1.82) is 0 Å². The topological polar surface area (TPSA) is 197 Å². The maximum atomic E-state index is 11.6. The van der Waals surface area contributed by atoms with Crippen molar-refractivity contribution < 1.29 is 76.6 Å². The van der Waals surface area contributed by atoms with Crippen LogP contribution in [0, 0.1) is 0 Å². The lowest BCUT2D eigenvalue weighted by Gasteiger charge is -2.18. The third kappa shape index (κ3) is 21.6. The van der Waals surface area contributed by atoms with Gasteiger partial charge >= 0.3 is 5.97 Å². The molecule has 0 aromatic carbocycles. The molecule has 1 unspecified atom stereocenters. The van der Waals surface area contributed by atoms with Crippen molar-refractivity contribution in [2.24, 2.45) is 0 Å². The van der Waals surface area contributed by atoms with Gasteiger partial charge in [0.25, 0.3) is 17.7 Å². The van der Waals surface area contributed by atoms with E-state index in [1.54, 1.807) is 0 Å². The van der Waals surface area contributed by atoms with Crippen LogP contribution in [0.4, 0.5) is 0 Å². The number of carbonyl (C=O) groups excluding carboxylic acids is 4. The molecule has 0 bridgehead atoms. The van der Waals surface area contributed by atoms with Crippen LogP contribution in [0.3, 0.4) is 0 Å². The third-order valence-electron chi connectivity index (χ3n) is 6.41. The second-order valence-electron chi connectivity index (χ2n) is 10.3. The maximum absolute atomic E-state index is 11.6. The number of amides is 3. The lowest BCUT2D eigenvalue weighted by molar-refractivity contribution is -0.247. The van der Waals surface area contributed by atoms with Crippen LogP contribution < -0.4 is 0 Å². The molecule has 1 atom stereocenters. The molecule has 0 aromatic rings. The SMILES string of the molecule is O=C(CCOCCOCCOCCOCCOCCOCCOCCOCCOCCC(O)ON1C(=O)CCC1=O)ON1CCCC1=O. The summed E-state index contributed by atoms with van der Waals surface area (Å²) in [5.74, 6) is -1.56. The Morgan fingerprint density at radius 1 is 0.542 bits per heavy atom. The number of aliphatic hydroxyl groups is 1. The van der Waals surface area contributed by atoms with Gasteiger partial charge in [0.2, 0.25) is 0 Å². The normalized spacial score (nSPS) is 15.6. The zero-order valence-corrected chi connectivity index (χ0v) is 27.7. The molecule has 0 aromatic heterocycles. The molecule has 2 heterocycles. The fourth-order valence-electron chi connectivity index (χ4n) is 3.94. The van der Waals surface area contributed by atoms with Crippen molar-refractivity contribution in [1.82, 2.24) is 10.1 Å². The van der Waals surface area contributed by atoms with Gasteiger partial charge in [0, 0.05) is 25.7 Å². The minimum Gasteiger partial charge on any atom is -0.379 e. The molecule has 278 valence electrons. The van der Waals surface area contributed by atoms with Crippen molar-refractivity contribution in [3.05, 3.63) is 0 Å². The summed E-state index contributed by atoms with van der Waals surface area (Å²) in [5.41, 5.74) is 0. The van der Waals surface area contributed by atoms with Gasteiger partial charge in [-0.25, -0.2) is 9.63 Å². The summed E-state index contributed by atoms with van der Waals surface area (Å²) in [4.78, 5) is 55.8. The first-order valence-electron chi connectivity index (χ1n) is 16.4. The van der Waals surface area contributed by atoms with Gasteiger partial charge < -0.3 is 52.6 Å². The number of nitrogens with zero attached hydrogens (tertiary/aromatic N) is 2. The summed E-state index contributed by atoms with van der Waals surface area (Å²) in [6.07, 6.45) is 0.202. The van der Waals surface area contributed by atoms with E-state index in [0.717, 1.165) is 5.06 Å². The molecule has 2 aliphatic rings. The maximum Gasteiger partial charge on any atom is 0.334 e. The summed E-state index contributed by atoms with van der Waals surface area (Å²) in [7, 11) is 0. The predicted molar refractivity (Wildman–Crippen MR) is 162 cm³/mol. The fourth-order valence-corrected chi connectivity index (χ4v) is 3.94. The van der Waals surface area contributed by atoms with Crippen LogP contribution >= 0.6 is 0 Å². The Kier molecular flexibility index (Phi) is 24.8. The summed E-state index contributed by atoms with van der Waals surface area (Å²) in [5, 5.41) is 11.5. The van der Waals surface area contributed by atoms with Gasteiger partial charge in [0.15, 0.2) is 6.29 Å². The Labute approximate surface area is 280 Å². The van der Waals surface area contributed by atoms with Gasteiger partial charge in [-0.15, -0.1) is 0 Å². The molecule has 0 radical (unpaired) electrons. The lowest BCUT2D eigenvalue weighted by atomic mass is 10.4. The largest absolute Gasteiger partial charge is 0.379 e. The number of imide groups is 1. The van der Waals surface area contributed by atoms with Crippen LogP contribution in [0.5, 0.6) is 0 Å². The minimum absolute atomic E-state index is 0.0752.